The first-order chi connectivity index (χ1) is 16.5. The lowest BCUT2D eigenvalue weighted by atomic mass is 9.73. The Hall–Kier alpha value is -3.53. The van der Waals surface area contributed by atoms with E-state index in [-0.39, 0.29) is 24.3 Å². The van der Waals surface area contributed by atoms with E-state index >= 15 is 0 Å². The zero-order valence-electron chi connectivity index (χ0n) is 18.8. The van der Waals surface area contributed by atoms with E-state index < -0.39 is 11.6 Å². The molecule has 2 aliphatic rings. The number of nitrogens with zero attached hydrogens (tertiary/aromatic N) is 4. The van der Waals surface area contributed by atoms with Crippen LogP contribution in [0.4, 0.5) is 4.79 Å². The third-order valence-corrected chi connectivity index (χ3v) is 7.42. The number of hydrogen-bond donors (Lipinski definition) is 1. The summed E-state index contributed by atoms with van der Waals surface area (Å²) in [5, 5.41) is 10.8. The number of pyridine rings is 1. The molecule has 34 heavy (non-hydrogen) atoms. The minimum atomic E-state index is -1.21. The zero-order chi connectivity index (χ0) is 23.7. The second kappa shape index (κ2) is 9.02. The Labute approximate surface area is 200 Å². The number of piperidine rings is 1. The number of imide groups is 1. The minimum absolute atomic E-state index is 0.182. The molecule has 0 unspecified atom stereocenters. The van der Waals surface area contributed by atoms with Crippen LogP contribution >= 0.6 is 11.3 Å². The number of carbonyl (C=O) groups is 3. The van der Waals surface area contributed by atoms with Crippen LogP contribution in [0.1, 0.15) is 47.1 Å². The maximum absolute atomic E-state index is 13.9. The molecule has 5 rings (SSSR count). The van der Waals surface area contributed by atoms with Crippen molar-refractivity contribution in [3.8, 4) is 0 Å². The minimum Gasteiger partial charge on any atom is -0.361 e. The van der Waals surface area contributed by atoms with Gasteiger partial charge < -0.3 is 14.7 Å². The molecule has 1 atom stereocenters. The van der Waals surface area contributed by atoms with Crippen LogP contribution in [0.5, 0.6) is 0 Å². The largest absolute Gasteiger partial charge is 0.361 e. The second-order valence-electron chi connectivity index (χ2n) is 8.60. The Kier molecular flexibility index (Phi) is 5.91. The zero-order valence-corrected chi connectivity index (χ0v) is 19.6. The molecule has 2 aliphatic heterocycles. The summed E-state index contributed by atoms with van der Waals surface area (Å²) < 4.78 is 5.18. The van der Waals surface area contributed by atoms with E-state index in [2.05, 4.69) is 15.5 Å². The number of rotatable bonds is 6. The number of aryl methyl sites for hydroxylation is 1. The van der Waals surface area contributed by atoms with Gasteiger partial charge in [0, 0.05) is 43.5 Å². The molecule has 3 aromatic heterocycles. The lowest BCUT2D eigenvalue weighted by Crippen LogP contribution is -2.54. The third kappa shape index (κ3) is 3.77. The van der Waals surface area contributed by atoms with Crippen LogP contribution in [-0.2, 0) is 23.3 Å². The van der Waals surface area contributed by atoms with Crippen LogP contribution in [0.25, 0.3) is 0 Å². The first-order valence-electron chi connectivity index (χ1n) is 11.3. The van der Waals surface area contributed by atoms with Crippen molar-refractivity contribution in [2.24, 2.45) is 5.92 Å². The van der Waals surface area contributed by atoms with Crippen molar-refractivity contribution in [3.05, 3.63) is 70.0 Å². The monoisotopic (exact) mass is 479 g/mol. The van der Waals surface area contributed by atoms with Gasteiger partial charge in [-0.05, 0) is 47.2 Å². The van der Waals surface area contributed by atoms with Crippen molar-refractivity contribution in [2.45, 2.75) is 38.3 Å². The maximum atomic E-state index is 13.9. The van der Waals surface area contributed by atoms with E-state index in [1.54, 1.807) is 29.4 Å². The number of thiophene rings is 1. The van der Waals surface area contributed by atoms with E-state index in [4.69, 9.17) is 4.52 Å². The van der Waals surface area contributed by atoms with Crippen molar-refractivity contribution >= 4 is 29.2 Å². The maximum Gasteiger partial charge on any atom is 0.325 e. The van der Waals surface area contributed by atoms with Crippen LogP contribution in [0, 0.1) is 5.92 Å². The van der Waals surface area contributed by atoms with Crippen LogP contribution in [-0.4, -0.2) is 50.9 Å². The van der Waals surface area contributed by atoms with Gasteiger partial charge in [0.2, 0.25) is 0 Å². The molecule has 10 heteroatoms. The molecule has 0 saturated carbocycles. The molecule has 1 N–H and O–H groups in total. The van der Waals surface area contributed by atoms with E-state index in [1.807, 2.05) is 29.8 Å². The SMILES string of the molecule is CCc1cc(C(=O)N2CCC([C@]3(c4cccnc4)NC(=O)N(Cc4ccsc4)C3=O)CC2)no1. The average Bonchev–Trinajstić information content (AvgIpc) is 3.62. The summed E-state index contributed by atoms with van der Waals surface area (Å²) >= 11 is 1.52. The standard InChI is InChI=1S/C24H25N5O4S/c1-2-19-12-20(27-33-19)21(30)28-9-5-17(6-10-28)24(18-4-3-8-25-13-18)22(31)29(23(32)26-24)14-16-7-11-34-15-16/h3-4,7-8,11-13,15,17H,2,5-6,9-10,14H2,1H3,(H,26,32)/t24-/m1/s1. The number of likely N-dealkylation sites (tertiary alicyclic amines) is 1. The van der Waals surface area contributed by atoms with E-state index in [0.29, 0.717) is 49.4 Å². The smallest absolute Gasteiger partial charge is 0.325 e. The molecule has 0 aliphatic carbocycles. The summed E-state index contributed by atoms with van der Waals surface area (Å²) in [5.41, 5.74) is 0.661. The molecule has 176 valence electrons. The molecule has 0 bridgehead atoms. The Balaban J connectivity index is 1.39. The van der Waals surface area contributed by atoms with E-state index in [1.165, 1.54) is 16.2 Å². The van der Waals surface area contributed by atoms with E-state index in [0.717, 1.165) is 5.56 Å². The van der Waals surface area contributed by atoms with Gasteiger partial charge >= 0.3 is 6.03 Å². The Morgan fingerprint density at radius 1 is 1.29 bits per heavy atom. The fraction of sp³-hybridized carbons (Fsp3) is 0.375. The number of hydrogen-bond acceptors (Lipinski definition) is 7. The van der Waals surface area contributed by atoms with Gasteiger partial charge in [0.1, 0.15) is 5.76 Å². The molecular weight excluding hydrogens is 454 g/mol. The number of carbonyl (C=O) groups excluding carboxylic acids is 3. The topological polar surface area (TPSA) is 109 Å². The predicted molar refractivity (Wildman–Crippen MR) is 124 cm³/mol. The summed E-state index contributed by atoms with van der Waals surface area (Å²) in [7, 11) is 0. The molecule has 0 aromatic carbocycles. The summed E-state index contributed by atoms with van der Waals surface area (Å²) in [6.07, 6.45) is 5.06. The molecule has 5 heterocycles. The quantitative estimate of drug-likeness (QED) is 0.544. The number of urea groups is 1. The van der Waals surface area contributed by atoms with Gasteiger partial charge in [-0.25, -0.2) is 4.79 Å². The van der Waals surface area contributed by atoms with Gasteiger partial charge in [-0.2, -0.15) is 11.3 Å². The molecule has 0 radical (unpaired) electrons. The molecule has 4 amide bonds. The highest BCUT2D eigenvalue weighted by Crippen LogP contribution is 2.41. The molecule has 3 aromatic rings. The van der Waals surface area contributed by atoms with Gasteiger partial charge in [0.15, 0.2) is 11.2 Å². The van der Waals surface area contributed by atoms with Gasteiger partial charge in [-0.3, -0.25) is 19.5 Å². The van der Waals surface area contributed by atoms with Crippen LogP contribution in [0.2, 0.25) is 0 Å². The lowest BCUT2D eigenvalue weighted by molar-refractivity contribution is -0.134. The van der Waals surface area contributed by atoms with Gasteiger partial charge in [0.25, 0.3) is 11.8 Å². The van der Waals surface area contributed by atoms with Crippen molar-refractivity contribution < 1.29 is 18.9 Å². The summed E-state index contributed by atoms with van der Waals surface area (Å²) in [6.45, 7) is 3.06. The Morgan fingerprint density at radius 2 is 2.12 bits per heavy atom. The van der Waals surface area contributed by atoms with Gasteiger partial charge in [0.05, 0.1) is 6.54 Å². The summed E-state index contributed by atoms with van der Waals surface area (Å²) in [6, 6.07) is 6.78. The van der Waals surface area contributed by atoms with Gasteiger partial charge in [-0.1, -0.05) is 18.1 Å². The number of nitrogens with one attached hydrogen (secondary N) is 1. The highest BCUT2D eigenvalue weighted by Gasteiger charge is 2.57. The second-order valence-corrected chi connectivity index (χ2v) is 9.38. The molecule has 0 spiro atoms. The first kappa shape index (κ1) is 22.3. The van der Waals surface area contributed by atoms with Crippen LogP contribution in [0.3, 0.4) is 0 Å². The van der Waals surface area contributed by atoms with Crippen molar-refractivity contribution in [2.75, 3.05) is 13.1 Å². The highest BCUT2D eigenvalue weighted by atomic mass is 32.1. The normalized spacial score (nSPS) is 21.2. The van der Waals surface area contributed by atoms with Crippen LogP contribution < -0.4 is 5.32 Å². The van der Waals surface area contributed by atoms with Crippen molar-refractivity contribution in [1.82, 2.24) is 25.3 Å². The molecule has 2 saturated heterocycles. The van der Waals surface area contributed by atoms with E-state index in [9.17, 15) is 14.4 Å². The molecule has 9 nitrogen and oxygen atoms in total. The average molecular weight is 480 g/mol. The molecular formula is C24H25N5O4S. The highest BCUT2D eigenvalue weighted by molar-refractivity contribution is 7.07. The van der Waals surface area contributed by atoms with Crippen molar-refractivity contribution in [1.29, 1.82) is 0 Å². The summed E-state index contributed by atoms with van der Waals surface area (Å²) in [5.74, 6) is 0.0238. The Bertz CT molecular complexity index is 1190. The first-order valence-corrected chi connectivity index (χ1v) is 12.3. The predicted octanol–water partition coefficient (Wildman–Crippen LogP) is 3.19. The Morgan fingerprint density at radius 3 is 2.76 bits per heavy atom. The number of aromatic nitrogens is 2. The van der Waals surface area contributed by atoms with Crippen LogP contribution in [0.15, 0.2) is 51.9 Å². The summed E-state index contributed by atoms with van der Waals surface area (Å²) in [4.78, 5) is 47.0. The lowest BCUT2D eigenvalue weighted by Gasteiger charge is -2.40. The number of amides is 4. The fourth-order valence-corrected chi connectivity index (χ4v) is 5.53. The fourth-order valence-electron chi connectivity index (χ4n) is 4.87. The molecule has 2 fully saturated rings. The third-order valence-electron chi connectivity index (χ3n) is 6.69. The van der Waals surface area contributed by atoms with Crippen molar-refractivity contribution in [3.63, 3.8) is 0 Å². The van der Waals surface area contributed by atoms with Gasteiger partial charge in [-0.15, -0.1) is 0 Å².